The monoisotopic (exact) mass is 186 g/mol. The number of hydrogen-bond donors (Lipinski definition) is 0. The summed E-state index contributed by atoms with van der Waals surface area (Å²) in [6, 6.07) is 0. The predicted molar refractivity (Wildman–Crippen MR) is 64.2 cm³/mol. The van der Waals surface area contributed by atoms with E-state index in [4.69, 9.17) is 0 Å². The van der Waals surface area contributed by atoms with Crippen LogP contribution in [0.3, 0.4) is 0 Å². The highest BCUT2D eigenvalue weighted by molar-refractivity contribution is 5.13. The topological polar surface area (TPSA) is 0 Å². The molecule has 0 nitrogen and oxygen atoms in total. The Morgan fingerprint density at radius 2 is 1.00 bits per heavy atom. The van der Waals surface area contributed by atoms with E-state index in [2.05, 4.69) is 60.8 Å². The zero-order valence-electron chi connectivity index (χ0n) is 8.60. The third-order valence-electron chi connectivity index (χ3n) is 2.00. The van der Waals surface area contributed by atoms with E-state index in [1.165, 1.54) is 19.3 Å². The lowest BCUT2D eigenvalue weighted by Crippen LogP contribution is -1.68. The van der Waals surface area contributed by atoms with E-state index < -0.39 is 0 Å². The van der Waals surface area contributed by atoms with Crippen molar-refractivity contribution in [2.24, 2.45) is 0 Å². The summed E-state index contributed by atoms with van der Waals surface area (Å²) in [5.74, 6) is 0. The second kappa shape index (κ2) is 8.31. The van der Waals surface area contributed by atoms with Crippen molar-refractivity contribution in [1.29, 1.82) is 0 Å². The molecule has 0 atom stereocenters. The maximum absolute atomic E-state index is 2.23. The fourth-order valence-electron chi connectivity index (χ4n) is 1.22. The van der Waals surface area contributed by atoms with Gasteiger partial charge in [-0.3, -0.25) is 0 Å². The van der Waals surface area contributed by atoms with Crippen LogP contribution in [0.15, 0.2) is 60.8 Å². The molecule has 0 radical (unpaired) electrons. The van der Waals surface area contributed by atoms with Gasteiger partial charge in [0.25, 0.3) is 0 Å². The van der Waals surface area contributed by atoms with Crippen LogP contribution in [-0.2, 0) is 0 Å². The smallest absolute Gasteiger partial charge is 0.0163 e. The SMILES string of the molecule is C1=C/C=C\C/C=C\C=C\CCCC=C1. The van der Waals surface area contributed by atoms with Gasteiger partial charge in [-0.25, -0.2) is 0 Å². The van der Waals surface area contributed by atoms with Crippen LogP contribution in [0.1, 0.15) is 25.7 Å². The summed E-state index contributed by atoms with van der Waals surface area (Å²) in [5.41, 5.74) is 0. The Kier molecular flexibility index (Phi) is 6.39. The van der Waals surface area contributed by atoms with Gasteiger partial charge in [0.15, 0.2) is 0 Å². The summed E-state index contributed by atoms with van der Waals surface area (Å²) in [5, 5.41) is 0. The van der Waals surface area contributed by atoms with Crippen molar-refractivity contribution < 1.29 is 0 Å². The molecule has 1 rings (SSSR count). The minimum Gasteiger partial charge on any atom is -0.0845 e. The van der Waals surface area contributed by atoms with E-state index >= 15 is 0 Å². The second-order valence-corrected chi connectivity index (χ2v) is 3.26. The maximum Gasteiger partial charge on any atom is -0.0163 e. The van der Waals surface area contributed by atoms with Gasteiger partial charge in [-0.1, -0.05) is 60.8 Å². The van der Waals surface area contributed by atoms with Crippen LogP contribution in [0.25, 0.3) is 0 Å². The van der Waals surface area contributed by atoms with Gasteiger partial charge >= 0.3 is 0 Å². The third kappa shape index (κ3) is 6.24. The van der Waals surface area contributed by atoms with Crippen LogP contribution >= 0.6 is 0 Å². The van der Waals surface area contributed by atoms with E-state index in [1.54, 1.807) is 0 Å². The lowest BCUT2D eigenvalue weighted by molar-refractivity contribution is 0.868. The average Bonchev–Trinajstić information content (AvgIpc) is 2.22. The number of allylic oxidation sites excluding steroid dienone is 10. The molecular weight excluding hydrogens is 168 g/mol. The van der Waals surface area contributed by atoms with Gasteiger partial charge < -0.3 is 0 Å². The van der Waals surface area contributed by atoms with Crippen LogP contribution in [-0.4, -0.2) is 0 Å². The molecule has 0 N–H and O–H groups in total. The molecular formula is C14H18. The Labute approximate surface area is 87.0 Å². The third-order valence-corrected chi connectivity index (χ3v) is 2.00. The highest BCUT2D eigenvalue weighted by atomic mass is 13.9. The average molecular weight is 186 g/mol. The van der Waals surface area contributed by atoms with Gasteiger partial charge in [0.05, 0.1) is 0 Å². The van der Waals surface area contributed by atoms with Gasteiger partial charge in [0.1, 0.15) is 0 Å². The highest BCUT2D eigenvalue weighted by Gasteiger charge is 1.79. The Morgan fingerprint density at radius 3 is 1.71 bits per heavy atom. The first-order valence-electron chi connectivity index (χ1n) is 5.30. The minimum atomic E-state index is 1.01. The second-order valence-electron chi connectivity index (χ2n) is 3.26. The van der Waals surface area contributed by atoms with Crippen molar-refractivity contribution in [2.75, 3.05) is 0 Å². The number of rotatable bonds is 0. The molecule has 0 bridgehead atoms. The molecule has 0 aromatic carbocycles. The Morgan fingerprint density at radius 1 is 0.500 bits per heavy atom. The summed E-state index contributed by atoms with van der Waals surface area (Å²) in [4.78, 5) is 0. The van der Waals surface area contributed by atoms with Crippen LogP contribution in [0.5, 0.6) is 0 Å². The quantitative estimate of drug-likeness (QED) is 0.528. The first-order chi connectivity index (χ1) is 7.00. The van der Waals surface area contributed by atoms with Gasteiger partial charge in [0.2, 0.25) is 0 Å². The zero-order valence-corrected chi connectivity index (χ0v) is 8.60. The molecule has 74 valence electrons. The number of hydrogen-bond acceptors (Lipinski definition) is 0. The van der Waals surface area contributed by atoms with Crippen LogP contribution in [0.4, 0.5) is 0 Å². The predicted octanol–water partition coefficient (Wildman–Crippen LogP) is 4.34. The highest BCUT2D eigenvalue weighted by Crippen LogP contribution is 1.99. The van der Waals surface area contributed by atoms with E-state index in [0.717, 1.165) is 6.42 Å². The van der Waals surface area contributed by atoms with Crippen LogP contribution in [0, 0.1) is 0 Å². The molecule has 0 heterocycles. The summed E-state index contributed by atoms with van der Waals surface area (Å²) in [6.45, 7) is 0. The zero-order chi connectivity index (χ0) is 9.90. The minimum absolute atomic E-state index is 1.01. The summed E-state index contributed by atoms with van der Waals surface area (Å²) in [6.07, 6.45) is 26.0. The van der Waals surface area contributed by atoms with E-state index in [9.17, 15) is 0 Å². The first-order valence-corrected chi connectivity index (χ1v) is 5.30. The molecule has 0 fully saturated rings. The molecule has 0 heteroatoms. The van der Waals surface area contributed by atoms with Crippen molar-refractivity contribution in [1.82, 2.24) is 0 Å². The lowest BCUT2D eigenvalue weighted by atomic mass is 10.2. The lowest BCUT2D eigenvalue weighted by Gasteiger charge is -1.89. The summed E-state index contributed by atoms with van der Waals surface area (Å²) in [7, 11) is 0. The Bertz CT molecular complexity index is 262. The molecule has 1 aliphatic carbocycles. The molecule has 0 aromatic heterocycles. The fraction of sp³-hybridized carbons (Fsp3) is 0.286. The van der Waals surface area contributed by atoms with Crippen molar-refractivity contribution >= 4 is 0 Å². The summed E-state index contributed by atoms with van der Waals surface area (Å²) >= 11 is 0. The van der Waals surface area contributed by atoms with Gasteiger partial charge in [-0.05, 0) is 25.7 Å². The van der Waals surface area contributed by atoms with Crippen molar-refractivity contribution in [3.05, 3.63) is 60.8 Å². The van der Waals surface area contributed by atoms with Crippen LogP contribution in [0.2, 0.25) is 0 Å². The van der Waals surface area contributed by atoms with Gasteiger partial charge in [-0.15, -0.1) is 0 Å². The molecule has 1 aliphatic rings. The molecule has 0 aliphatic heterocycles. The maximum atomic E-state index is 2.23. The van der Waals surface area contributed by atoms with E-state index in [0.29, 0.717) is 0 Å². The van der Waals surface area contributed by atoms with Crippen LogP contribution < -0.4 is 0 Å². The Hall–Kier alpha value is -1.30. The van der Waals surface area contributed by atoms with Crippen molar-refractivity contribution in [3.63, 3.8) is 0 Å². The normalized spacial score (nSPS) is 25.1. The molecule has 0 saturated carbocycles. The molecule has 0 saturated heterocycles. The van der Waals surface area contributed by atoms with Crippen molar-refractivity contribution in [2.45, 2.75) is 25.7 Å². The first kappa shape index (κ1) is 10.8. The van der Waals surface area contributed by atoms with E-state index in [1.807, 2.05) is 0 Å². The van der Waals surface area contributed by atoms with Gasteiger partial charge in [0, 0.05) is 0 Å². The standard InChI is InChI=1S/C14H18/c1-2-4-6-8-10-12-14-13-11-9-7-5-3-1/h1-6,9,11,13-14H,7-8,10,12H2/b2-1?,5-3-,6-4?,11-9-,14-13+. The molecule has 0 aromatic rings. The van der Waals surface area contributed by atoms with Gasteiger partial charge in [-0.2, -0.15) is 0 Å². The Balaban J connectivity index is 2.45. The summed E-state index contributed by atoms with van der Waals surface area (Å²) < 4.78 is 0. The molecule has 14 heavy (non-hydrogen) atoms. The molecule has 0 unspecified atom stereocenters. The fourth-order valence-corrected chi connectivity index (χ4v) is 1.22. The largest absolute Gasteiger partial charge is 0.0845 e. The molecule has 0 amide bonds. The van der Waals surface area contributed by atoms with E-state index in [-0.39, 0.29) is 0 Å². The van der Waals surface area contributed by atoms with Crippen molar-refractivity contribution in [3.8, 4) is 0 Å². The molecule has 0 spiro atoms.